The van der Waals surface area contributed by atoms with E-state index in [9.17, 15) is 4.79 Å². The van der Waals surface area contributed by atoms with E-state index in [4.69, 9.17) is 26.8 Å². The van der Waals surface area contributed by atoms with Crippen molar-refractivity contribution < 1.29 is 14.3 Å². The highest BCUT2D eigenvalue weighted by Gasteiger charge is 2.24. The van der Waals surface area contributed by atoms with Crippen LogP contribution in [0.1, 0.15) is 22.8 Å². The number of ether oxygens (including phenoxy) is 2. The third-order valence-corrected chi connectivity index (χ3v) is 4.13. The van der Waals surface area contributed by atoms with Crippen LogP contribution in [0.5, 0.6) is 5.75 Å². The zero-order valence-corrected chi connectivity index (χ0v) is 13.6. The van der Waals surface area contributed by atoms with Gasteiger partial charge in [0.05, 0.1) is 17.2 Å². The van der Waals surface area contributed by atoms with Crippen molar-refractivity contribution in [3.05, 3.63) is 52.5 Å². The average Bonchev–Trinajstić information content (AvgIpc) is 2.99. The molecule has 3 rings (SSSR count). The lowest BCUT2D eigenvalue weighted by Gasteiger charge is -2.09. The van der Waals surface area contributed by atoms with Crippen molar-refractivity contribution in [2.75, 3.05) is 13.2 Å². The molecule has 2 aromatic rings. The molecule has 0 radical (unpaired) electrons. The van der Waals surface area contributed by atoms with Crippen LogP contribution in [0.3, 0.4) is 0 Å². The van der Waals surface area contributed by atoms with Crippen molar-refractivity contribution in [2.45, 2.75) is 19.4 Å². The molecule has 1 heterocycles. The van der Waals surface area contributed by atoms with Crippen molar-refractivity contribution in [3.8, 4) is 16.9 Å². The smallest absolute Gasteiger partial charge is 0.338 e. The fourth-order valence-corrected chi connectivity index (χ4v) is 2.98. The lowest BCUT2D eigenvalue weighted by molar-refractivity contribution is 0.0526. The molecule has 1 aliphatic heterocycles. The molecule has 4 nitrogen and oxygen atoms in total. The molecule has 0 aliphatic carbocycles. The second kappa shape index (κ2) is 6.60. The summed E-state index contributed by atoms with van der Waals surface area (Å²) in [4.78, 5) is 11.7. The number of halogens is 1. The minimum Gasteiger partial charge on any atom is -0.487 e. The lowest BCUT2D eigenvalue weighted by Crippen LogP contribution is -2.24. The van der Waals surface area contributed by atoms with E-state index in [2.05, 4.69) is 6.07 Å². The minimum atomic E-state index is -0.315. The van der Waals surface area contributed by atoms with E-state index >= 15 is 0 Å². The maximum atomic E-state index is 11.7. The molecule has 0 saturated carbocycles. The monoisotopic (exact) mass is 331 g/mol. The first-order chi connectivity index (χ1) is 11.1. The number of hydrogen-bond donors (Lipinski definition) is 1. The van der Waals surface area contributed by atoms with Gasteiger partial charge in [-0.2, -0.15) is 0 Å². The van der Waals surface area contributed by atoms with Crippen LogP contribution in [-0.4, -0.2) is 25.2 Å². The highest BCUT2D eigenvalue weighted by Crippen LogP contribution is 2.39. The molecule has 23 heavy (non-hydrogen) atoms. The molecule has 1 aliphatic rings. The van der Waals surface area contributed by atoms with E-state index in [0.717, 1.165) is 28.9 Å². The molecule has 5 heteroatoms. The van der Waals surface area contributed by atoms with Crippen LogP contribution in [0.4, 0.5) is 0 Å². The fraction of sp³-hybridized carbons (Fsp3) is 0.278. The molecule has 0 spiro atoms. The fourth-order valence-electron chi connectivity index (χ4n) is 2.70. The van der Waals surface area contributed by atoms with Crippen molar-refractivity contribution in [1.29, 1.82) is 0 Å². The number of rotatable bonds is 4. The van der Waals surface area contributed by atoms with Crippen molar-refractivity contribution in [1.82, 2.24) is 0 Å². The third kappa shape index (κ3) is 3.19. The van der Waals surface area contributed by atoms with E-state index in [0.29, 0.717) is 23.7 Å². The average molecular weight is 332 g/mol. The molecule has 120 valence electrons. The molecule has 0 bridgehead atoms. The van der Waals surface area contributed by atoms with Gasteiger partial charge in [-0.25, -0.2) is 4.79 Å². The molecule has 0 saturated heterocycles. The van der Waals surface area contributed by atoms with Crippen LogP contribution >= 0.6 is 11.6 Å². The van der Waals surface area contributed by atoms with Gasteiger partial charge in [-0.3, -0.25) is 0 Å². The van der Waals surface area contributed by atoms with E-state index in [-0.39, 0.29) is 12.1 Å². The molecule has 0 amide bonds. The van der Waals surface area contributed by atoms with Crippen LogP contribution in [0.15, 0.2) is 36.4 Å². The van der Waals surface area contributed by atoms with E-state index in [1.807, 2.05) is 18.2 Å². The van der Waals surface area contributed by atoms with E-state index in [1.54, 1.807) is 19.1 Å². The Bertz CT molecular complexity index is 728. The zero-order valence-electron chi connectivity index (χ0n) is 12.8. The number of nitrogens with two attached hydrogens (primary N) is 1. The zero-order chi connectivity index (χ0) is 16.4. The Kier molecular flexibility index (Phi) is 4.55. The largest absolute Gasteiger partial charge is 0.487 e. The Hall–Kier alpha value is -2.04. The van der Waals surface area contributed by atoms with Gasteiger partial charge in [0.25, 0.3) is 0 Å². The number of carbonyl (C=O) groups is 1. The van der Waals surface area contributed by atoms with Crippen LogP contribution in [0.2, 0.25) is 5.02 Å². The molecule has 0 fully saturated rings. The van der Waals surface area contributed by atoms with Gasteiger partial charge in [-0.15, -0.1) is 0 Å². The van der Waals surface area contributed by atoms with Gasteiger partial charge in [-0.05, 0) is 42.3 Å². The molecular formula is C18H18ClNO3. The van der Waals surface area contributed by atoms with Crippen molar-refractivity contribution in [2.24, 2.45) is 5.73 Å². The Morgan fingerprint density at radius 2 is 2.04 bits per heavy atom. The Morgan fingerprint density at radius 1 is 1.30 bits per heavy atom. The summed E-state index contributed by atoms with van der Waals surface area (Å²) in [7, 11) is 0. The number of esters is 1. The number of hydrogen-bond acceptors (Lipinski definition) is 4. The maximum absolute atomic E-state index is 11.7. The number of carbonyl (C=O) groups excluding carboxylic acids is 1. The Labute approximate surface area is 140 Å². The van der Waals surface area contributed by atoms with Gasteiger partial charge in [0, 0.05) is 18.5 Å². The summed E-state index contributed by atoms with van der Waals surface area (Å²) in [5.41, 5.74) is 9.25. The Morgan fingerprint density at radius 3 is 2.70 bits per heavy atom. The van der Waals surface area contributed by atoms with Crippen LogP contribution in [-0.2, 0) is 11.2 Å². The summed E-state index contributed by atoms with van der Waals surface area (Å²) < 4.78 is 10.7. The summed E-state index contributed by atoms with van der Waals surface area (Å²) in [5, 5.41) is 0.586. The second-order valence-electron chi connectivity index (χ2n) is 5.42. The first-order valence-electron chi connectivity index (χ1n) is 7.59. The normalized spacial score (nSPS) is 15.9. The summed E-state index contributed by atoms with van der Waals surface area (Å²) in [6.45, 7) is 2.62. The SMILES string of the molecule is CCOC(=O)c1ccc(-c2cc(Cl)c3c(c2)CC(CN)O3)cc1. The van der Waals surface area contributed by atoms with Crippen molar-refractivity contribution >= 4 is 17.6 Å². The van der Waals surface area contributed by atoms with Crippen LogP contribution in [0.25, 0.3) is 11.1 Å². The molecule has 1 unspecified atom stereocenters. The van der Waals surface area contributed by atoms with Gasteiger partial charge >= 0.3 is 5.97 Å². The molecule has 2 aromatic carbocycles. The number of fused-ring (bicyclic) bond motifs is 1. The molecule has 1 atom stereocenters. The standard InChI is InChI=1S/C18H18ClNO3/c1-2-22-18(21)12-5-3-11(4-6-12)13-7-14-8-15(10-20)23-17(14)16(19)9-13/h3-7,9,15H,2,8,10,20H2,1H3. The van der Waals surface area contributed by atoms with Crippen molar-refractivity contribution in [3.63, 3.8) is 0 Å². The molecule has 2 N–H and O–H groups in total. The predicted molar refractivity (Wildman–Crippen MR) is 90.0 cm³/mol. The highest BCUT2D eigenvalue weighted by molar-refractivity contribution is 6.32. The first-order valence-corrected chi connectivity index (χ1v) is 7.97. The molecule has 0 aromatic heterocycles. The molecular weight excluding hydrogens is 314 g/mol. The summed E-state index contributed by atoms with van der Waals surface area (Å²) in [6.07, 6.45) is 0.754. The van der Waals surface area contributed by atoms with Gasteiger partial charge in [-0.1, -0.05) is 23.7 Å². The van der Waals surface area contributed by atoms with Gasteiger partial charge in [0.15, 0.2) is 0 Å². The van der Waals surface area contributed by atoms with Crippen LogP contribution < -0.4 is 10.5 Å². The second-order valence-corrected chi connectivity index (χ2v) is 5.83. The maximum Gasteiger partial charge on any atom is 0.338 e. The quantitative estimate of drug-likeness (QED) is 0.872. The van der Waals surface area contributed by atoms with E-state index in [1.165, 1.54) is 0 Å². The summed E-state index contributed by atoms with van der Waals surface area (Å²) in [5.74, 6) is 0.416. The lowest BCUT2D eigenvalue weighted by atomic mass is 10.00. The number of benzene rings is 2. The van der Waals surface area contributed by atoms with Crippen LogP contribution in [0, 0.1) is 0 Å². The third-order valence-electron chi connectivity index (χ3n) is 3.84. The topological polar surface area (TPSA) is 61.5 Å². The van der Waals surface area contributed by atoms with Gasteiger partial charge in [0.2, 0.25) is 0 Å². The summed E-state index contributed by atoms with van der Waals surface area (Å²) in [6, 6.07) is 11.2. The van der Waals surface area contributed by atoms with Gasteiger partial charge < -0.3 is 15.2 Å². The summed E-state index contributed by atoms with van der Waals surface area (Å²) >= 11 is 6.33. The highest BCUT2D eigenvalue weighted by atomic mass is 35.5. The van der Waals surface area contributed by atoms with Gasteiger partial charge in [0.1, 0.15) is 11.9 Å². The van der Waals surface area contributed by atoms with E-state index < -0.39 is 0 Å². The minimum absolute atomic E-state index is 0.0102. The first kappa shape index (κ1) is 15.8. The predicted octanol–water partition coefficient (Wildman–Crippen LogP) is 3.45. The Balaban J connectivity index is 1.88.